The first kappa shape index (κ1) is 14.5. The van der Waals surface area contributed by atoms with Gasteiger partial charge < -0.3 is 15.0 Å². The van der Waals surface area contributed by atoms with Gasteiger partial charge in [-0.25, -0.2) is 0 Å². The van der Waals surface area contributed by atoms with Crippen molar-refractivity contribution < 1.29 is 9.53 Å². The summed E-state index contributed by atoms with van der Waals surface area (Å²) >= 11 is 0. The Kier molecular flexibility index (Phi) is 4.34. The molecule has 0 atom stereocenters. The van der Waals surface area contributed by atoms with E-state index < -0.39 is 0 Å². The molecule has 1 fully saturated rings. The molecular weight excluding hydrogens is 278 g/mol. The largest absolute Gasteiger partial charge is 0.378 e. The second-order valence-electron chi connectivity index (χ2n) is 5.36. The van der Waals surface area contributed by atoms with E-state index >= 15 is 0 Å². The number of pyridine rings is 1. The molecule has 22 heavy (non-hydrogen) atoms. The molecule has 0 saturated carbocycles. The zero-order valence-corrected chi connectivity index (χ0v) is 12.6. The quantitative estimate of drug-likeness (QED) is 0.946. The van der Waals surface area contributed by atoms with Crippen molar-refractivity contribution in [1.82, 2.24) is 9.88 Å². The number of nitrogens with zero attached hydrogens (tertiary/aromatic N) is 2. The summed E-state index contributed by atoms with van der Waals surface area (Å²) < 4.78 is 5.28. The van der Waals surface area contributed by atoms with Gasteiger partial charge in [0.15, 0.2) is 0 Å². The lowest BCUT2D eigenvalue weighted by atomic mass is 10.2. The molecule has 1 amide bonds. The van der Waals surface area contributed by atoms with Crippen LogP contribution in [-0.2, 0) is 4.74 Å². The fourth-order valence-corrected chi connectivity index (χ4v) is 2.46. The second-order valence-corrected chi connectivity index (χ2v) is 5.36. The van der Waals surface area contributed by atoms with Crippen LogP contribution in [-0.4, -0.2) is 42.1 Å². The van der Waals surface area contributed by atoms with E-state index in [-0.39, 0.29) is 5.91 Å². The first-order valence-electron chi connectivity index (χ1n) is 7.38. The summed E-state index contributed by atoms with van der Waals surface area (Å²) in [5.74, 6) is 0.00342. The Morgan fingerprint density at radius 1 is 1.18 bits per heavy atom. The van der Waals surface area contributed by atoms with Crippen molar-refractivity contribution in [3.63, 3.8) is 0 Å². The van der Waals surface area contributed by atoms with E-state index in [1.54, 1.807) is 17.3 Å². The van der Waals surface area contributed by atoms with Gasteiger partial charge in [0, 0.05) is 25.0 Å². The van der Waals surface area contributed by atoms with Crippen molar-refractivity contribution in [3.05, 3.63) is 53.9 Å². The number of aryl methyl sites for hydroxylation is 1. The first-order chi connectivity index (χ1) is 10.7. The predicted octanol–water partition coefficient (Wildman–Crippen LogP) is 2.61. The van der Waals surface area contributed by atoms with Crippen LogP contribution >= 0.6 is 0 Å². The van der Waals surface area contributed by atoms with Crippen LogP contribution in [0, 0.1) is 6.92 Å². The third kappa shape index (κ3) is 3.43. The van der Waals surface area contributed by atoms with Crippen molar-refractivity contribution in [2.24, 2.45) is 0 Å². The van der Waals surface area contributed by atoms with Gasteiger partial charge in [-0.15, -0.1) is 0 Å². The molecule has 1 aromatic heterocycles. The van der Waals surface area contributed by atoms with E-state index in [9.17, 15) is 4.79 Å². The molecule has 3 rings (SSSR count). The number of rotatable bonds is 3. The fraction of sp³-hybridized carbons (Fsp3) is 0.294. The Morgan fingerprint density at radius 2 is 2.00 bits per heavy atom. The van der Waals surface area contributed by atoms with E-state index in [0.29, 0.717) is 31.9 Å². The second kappa shape index (κ2) is 6.58. The molecule has 0 unspecified atom stereocenters. The number of hydrogen-bond acceptors (Lipinski definition) is 4. The molecule has 1 saturated heterocycles. The first-order valence-corrected chi connectivity index (χ1v) is 7.38. The normalized spacial score (nSPS) is 14.7. The maximum atomic E-state index is 12.5. The zero-order valence-electron chi connectivity index (χ0n) is 12.6. The molecule has 0 spiro atoms. The topological polar surface area (TPSA) is 54.5 Å². The monoisotopic (exact) mass is 297 g/mol. The number of morpholine rings is 1. The molecule has 2 heterocycles. The van der Waals surface area contributed by atoms with Crippen LogP contribution in [0.2, 0.25) is 0 Å². The van der Waals surface area contributed by atoms with E-state index in [0.717, 1.165) is 11.4 Å². The Balaban J connectivity index is 1.75. The minimum Gasteiger partial charge on any atom is -0.378 e. The average Bonchev–Trinajstić information content (AvgIpc) is 2.55. The van der Waals surface area contributed by atoms with Gasteiger partial charge in [0.2, 0.25) is 0 Å². The maximum Gasteiger partial charge on any atom is 0.255 e. The number of nitrogens with one attached hydrogen (secondary N) is 1. The molecule has 2 aromatic rings. The summed E-state index contributed by atoms with van der Waals surface area (Å²) in [4.78, 5) is 18.4. The summed E-state index contributed by atoms with van der Waals surface area (Å²) in [5.41, 5.74) is 3.57. The average molecular weight is 297 g/mol. The lowest BCUT2D eigenvalue weighted by molar-refractivity contribution is 0.0302. The van der Waals surface area contributed by atoms with E-state index in [1.165, 1.54) is 5.56 Å². The molecular formula is C17H19N3O2. The van der Waals surface area contributed by atoms with Gasteiger partial charge in [0.1, 0.15) is 0 Å². The highest BCUT2D eigenvalue weighted by Crippen LogP contribution is 2.18. The van der Waals surface area contributed by atoms with Crippen molar-refractivity contribution in [1.29, 1.82) is 0 Å². The Labute approximate surface area is 129 Å². The molecule has 0 bridgehead atoms. The van der Waals surface area contributed by atoms with Crippen LogP contribution in [0.3, 0.4) is 0 Å². The van der Waals surface area contributed by atoms with Crippen molar-refractivity contribution in [3.8, 4) is 0 Å². The van der Waals surface area contributed by atoms with E-state index in [2.05, 4.69) is 16.4 Å². The van der Waals surface area contributed by atoms with Crippen LogP contribution in [0.4, 0.5) is 11.4 Å². The van der Waals surface area contributed by atoms with Crippen molar-refractivity contribution >= 4 is 17.3 Å². The number of carbonyl (C=O) groups excluding carboxylic acids is 1. The standard InChI is InChI=1S/C17H19N3O2/c1-13-3-2-4-15(9-13)19-16-10-14(11-18-12-16)17(21)20-5-7-22-8-6-20/h2-4,9-12,19H,5-8H2,1H3. The number of benzene rings is 1. The van der Waals surface area contributed by atoms with Gasteiger partial charge >= 0.3 is 0 Å². The summed E-state index contributed by atoms with van der Waals surface area (Å²) in [6, 6.07) is 9.92. The van der Waals surface area contributed by atoms with Gasteiger partial charge in [0.05, 0.1) is 30.7 Å². The van der Waals surface area contributed by atoms with E-state index in [4.69, 9.17) is 4.74 Å². The van der Waals surface area contributed by atoms with Crippen LogP contribution in [0.25, 0.3) is 0 Å². The number of aromatic nitrogens is 1. The number of amides is 1. The summed E-state index contributed by atoms with van der Waals surface area (Å²) in [6.07, 6.45) is 3.33. The maximum absolute atomic E-state index is 12.5. The number of carbonyl (C=O) groups is 1. The fourth-order valence-electron chi connectivity index (χ4n) is 2.46. The highest BCUT2D eigenvalue weighted by molar-refractivity contribution is 5.95. The molecule has 1 aliphatic heterocycles. The van der Waals surface area contributed by atoms with Gasteiger partial charge in [0.25, 0.3) is 5.91 Å². The minimum atomic E-state index is 0.00342. The lowest BCUT2D eigenvalue weighted by Crippen LogP contribution is -2.40. The summed E-state index contributed by atoms with van der Waals surface area (Å²) in [5, 5.41) is 3.28. The van der Waals surface area contributed by atoms with Crippen molar-refractivity contribution in [2.75, 3.05) is 31.6 Å². The third-order valence-electron chi connectivity index (χ3n) is 3.59. The molecule has 5 nitrogen and oxygen atoms in total. The molecule has 5 heteroatoms. The highest BCUT2D eigenvalue weighted by Gasteiger charge is 2.18. The summed E-state index contributed by atoms with van der Waals surface area (Å²) in [6.45, 7) is 4.51. The molecule has 1 N–H and O–H groups in total. The molecule has 0 aliphatic carbocycles. The van der Waals surface area contributed by atoms with Gasteiger partial charge in [-0.3, -0.25) is 9.78 Å². The van der Waals surface area contributed by atoms with Crippen molar-refractivity contribution in [2.45, 2.75) is 6.92 Å². The van der Waals surface area contributed by atoms with Crippen LogP contribution < -0.4 is 5.32 Å². The number of hydrogen-bond donors (Lipinski definition) is 1. The summed E-state index contributed by atoms with van der Waals surface area (Å²) in [7, 11) is 0. The lowest BCUT2D eigenvalue weighted by Gasteiger charge is -2.26. The Morgan fingerprint density at radius 3 is 2.77 bits per heavy atom. The predicted molar refractivity (Wildman–Crippen MR) is 85.4 cm³/mol. The van der Waals surface area contributed by atoms with Gasteiger partial charge in [-0.2, -0.15) is 0 Å². The molecule has 1 aliphatic rings. The third-order valence-corrected chi connectivity index (χ3v) is 3.59. The Bertz CT molecular complexity index is 666. The van der Waals surface area contributed by atoms with Crippen LogP contribution in [0.15, 0.2) is 42.7 Å². The number of ether oxygens (including phenoxy) is 1. The molecule has 0 radical (unpaired) electrons. The minimum absolute atomic E-state index is 0.00342. The van der Waals surface area contributed by atoms with Crippen LogP contribution in [0.5, 0.6) is 0 Å². The smallest absolute Gasteiger partial charge is 0.255 e. The SMILES string of the molecule is Cc1cccc(Nc2cncc(C(=O)N3CCOCC3)c2)c1. The highest BCUT2D eigenvalue weighted by atomic mass is 16.5. The van der Waals surface area contributed by atoms with Gasteiger partial charge in [-0.05, 0) is 30.7 Å². The van der Waals surface area contributed by atoms with E-state index in [1.807, 2.05) is 31.2 Å². The van der Waals surface area contributed by atoms with Crippen LogP contribution in [0.1, 0.15) is 15.9 Å². The molecule has 1 aromatic carbocycles. The Hall–Kier alpha value is -2.40. The number of anilines is 2. The van der Waals surface area contributed by atoms with Gasteiger partial charge in [-0.1, -0.05) is 12.1 Å². The molecule has 114 valence electrons. The zero-order chi connectivity index (χ0) is 15.4.